The van der Waals surface area contributed by atoms with Crippen molar-refractivity contribution in [1.29, 1.82) is 0 Å². The van der Waals surface area contributed by atoms with Crippen LogP contribution in [0, 0.1) is 0 Å². The van der Waals surface area contributed by atoms with Crippen LogP contribution in [0.3, 0.4) is 0 Å². The highest BCUT2D eigenvalue weighted by Crippen LogP contribution is 2.29. The highest BCUT2D eigenvalue weighted by molar-refractivity contribution is 5.89. The number of hydrogen-bond acceptors (Lipinski definition) is 3. The quantitative estimate of drug-likeness (QED) is 0.601. The maximum absolute atomic E-state index is 10.6. The number of rotatable bonds is 6. The van der Waals surface area contributed by atoms with Crippen molar-refractivity contribution >= 4 is 11.5 Å². The monoisotopic (exact) mass is 250 g/mol. The fraction of sp³-hybridized carbons (Fsp3) is 0.357. The molecule has 0 aliphatic carbocycles. The van der Waals surface area contributed by atoms with Crippen LogP contribution in [0.25, 0.3) is 5.57 Å². The molecule has 0 saturated heterocycles. The summed E-state index contributed by atoms with van der Waals surface area (Å²) >= 11 is 0. The first-order valence-corrected chi connectivity index (χ1v) is 5.92. The number of phenols is 1. The number of ether oxygens (including phenoxy) is 1. The van der Waals surface area contributed by atoms with Crippen molar-refractivity contribution in [3.8, 4) is 11.5 Å². The number of unbranched alkanes of at least 4 members (excludes halogenated alkanes) is 1. The predicted octanol–water partition coefficient (Wildman–Crippen LogP) is 3.06. The topological polar surface area (TPSA) is 66.8 Å². The lowest BCUT2D eigenvalue weighted by Crippen LogP contribution is -1.97. The Labute approximate surface area is 107 Å². The maximum Gasteiger partial charge on any atom is 0.328 e. The second kappa shape index (κ2) is 6.69. The molecule has 4 nitrogen and oxygen atoms in total. The van der Waals surface area contributed by atoms with Crippen LogP contribution in [0.4, 0.5) is 0 Å². The molecule has 18 heavy (non-hydrogen) atoms. The van der Waals surface area contributed by atoms with Crippen LogP contribution in [-0.2, 0) is 4.79 Å². The number of carboxylic acid groups (broad SMARTS) is 1. The second-order valence-corrected chi connectivity index (χ2v) is 4.05. The molecule has 98 valence electrons. The molecule has 0 amide bonds. The lowest BCUT2D eigenvalue weighted by atomic mass is 10.1. The zero-order valence-corrected chi connectivity index (χ0v) is 10.6. The number of carbonyl (C=O) groups is 1. The van der Waals surface area contributed by atoms with Gasteiger partial charge in [0.25, 0.3) is 0 Å². The Morgan fingerprint density at radius 1 is 1.44 bits per heavy atom. The zero-order chi connectivity index (χ0) is 13.5. The van der Waals surface area contributed by atoms with Crippen LogP contribution >= 0.6 is 0 Å². The van der Waals surface area contributed by atoms with Crippen molar-refractivity contribution in [2.75, 3.05) is 6.61 Å². The van der Waals surface area contributed by atoms with Gasteiger partial charge in [0.05, 0.1) is 6.61 Å². The highest BCUT2D eigenvalue weighted by atomic mass is 16.5. The van der Waals surface area contributed by atoms with Gasteiger partial charge in [0.2, 0.25) is 0 Å². The SMILES string of the molecule is CCCCOc1cc(C(C)=CC(=O)O)ccc1O. The number of aliphatic carboxylic acids is 1. The molecule has 0 unspecified atom stereocenters. The van der Waals surface area contributed by atoms with E-state index in [-0.39, 0.29) is 5.75 Å². The van der Waals surface area contributed by atoms with Gasteiger partial charge in [-0.25, -0.2) is 4.79 Å². The van der Waals surface area contributed by atoms with E-state index in [0.717, 1.165) is 24.5 Å². The molecule has 4 heteroatoms. The Morgan fingerprint density at radius 2 is 2.17 bits per heavy atom. The molecule has 0 bridgehead atoms. The minimum atomic E-state index is -0.992. The third-order valence-electron chi connectivity index (χ3n) is 2.51. The van der Waals surface area contributed by atoms with E-state index in [0.29, 0.717) is 17.9 Å². The summed E-state index contributed by atoms with van der Waals surface area (Å²) < 4.78 is 5.45. The molecule has 2 N–H and O–H groups in total. The van der Waals surface area contributed by atoms with Crippen LogP contribution < -0.4 is 4.74 Å². The van der Waals surface area contributed by atoms with E-state index in [2.05, 4.69) is 6.92 Å². The van der Waals surface area contributed by atoms with Crippen molar-refractivity contribution in [1.82, 2.24) is 0 Å². The molecule has 1 rings (SSSR count). The smallest absolute Gasteiger partial charge is 0.328 e. The van der Waals surface area contributed by atoms with Gasteiger partial charge in [0, 0.05) is 6.08 Å². The van der Waals surface area contributed by atoms with Gasteiger partial charge in [0.1, 0.15) is 0 Å². The Hall–Kier alpha value is -1.97. The minimum Gasteiger partial charge on any atom is -0.504 e. The first-order chi connectivity index (χ1) is 8.54. The van der Waals surface area contributed by atoms with Gasteiger partial charge in [0.15, 0.2) is 11.5 Å². The second-order valence-electron chi connectivity index (χ2n) is 4.05. The van der Waals surface area contributed by atoms with Gasteiger partial charge in [-0.1, -0.05) is 19.4 Å². The van der Waals surface area contributed by atoms with Gasteiger partial charge in [-0.05, 0) is 36.6 Å². The third-order valence-corrected chi connectivity index (χ3v) is 2.51. The first-order valence-electron chi connectivity index (χ1n) is 5.92. The summed E-state index contributed by atoms with van der Waals surface area (Å²) in [5, 5.41) is 18.3. The first kappa shape index (κ1) is 14.1. The maximum atomic E-state index is 10.6. The number of aromatic hydroxyl groups is 1. The molecule has 0 spiro atoms. The number of phenolic OH excluding ortho intramolecular Hbond substituents is 1. The van der Waals surface area contributed by atoms with E-state index in [4.69, 9.17) is 9.84 Å². The van der Waals surface area contributed by atoms with Crippen LogP contribution in [0.1, 0.15) is 32.3 Å². The normalized spacial score (nSPS) is 11.3. The van der Waals surface area contributed by atoms with Crippen molar-refractivity contribution in [3.05, 3.63) is 29.8 Å². The van der Waals surface area contributed by atoms with Crippen LogP contribution in [0.2, 0.25) is 0 Å². The Kier molecular flexibility index (Phi) is 5.24. The fourth-order valence-electron chi connectivity index (χ4n) is 1.47. The summed E-state index contributed by atoms with van der Waals surface area (Å²) in [6.07, 6.45) is 3.05. The molecule has 0 aliphatic rings. The molecule has 0 fully saturated rings. The summed E-state index contributed by atoms with van der Waals surface area (Å²) in [4.78, 5) is 10.6. The number of carboxylic acids is 1. The summed E-state index contributed by atoms with van der Waals surface area (Å²) in [6.45, 7) is 4.30. The van der Waals surface area contributed by atoms with Crippen molar-refractivity contribution in [3.63, 3.8) is 0 Å². The molecule has 0 aliphatic heterocycles. The van der Waals surface area contributed by atoms with Gasteiger partial charge >= 0.3 is 5.97 Å². The summed E-state index contributed by atoms with van der Waals surface area (Å²) in [5.41, 5.74) is 1.34. The largest absolute Gasteiger partial charge is 0.504 e. The summed E-state index contributed by atoms with van der Waals surface area (Å²) in [5.74, 6) is -0.536. The van der Waals surface area contributed by atoms with Gasteiger partial charge < -0.3 is 14.9 Å². The Bertz CT molecular complexity index is 449. The molecule has 0 atom stereocenters. The van der Waals surface area contributed by atoms with Crippen molar-refractivity contribution in [2.24, 2.45) is 0 Å². The van der Waals surface area contributed by atoms with E-state index in [1.165, 1.54) is 6.07 Å². The van der Waals surface area contributed by atoms with Crippen LogP contribution in [0.5, 0.6) is 11.5 Å². The zero-order valence-electron chi connectivity index (χ0n) is 10.6. The molecule has 0 aromatic heterocycles. The number of allylic oxidation sites excluding steroid dienone is 1. The lowest BCUT2D eigenvalue weighted by molar-refractivity contribution is -0.131. The van der Waals surface area contributed by atoms with E-state index in [1.54, 1.807) is 19.1 Å². The van der Waals surface area contributed by atoms with Gasteiger partial charge in [-0.2, -0.15) is 0 Å². The van der Waals surface area contributed by atoms with E-state index in [1.807, 2.05) is 0 Å². The van der Waals surface area contributed by atoms with Crippen molar-refractivity contribution in [2.45, 2.75) is 26.7 Å². The molecular formula is C14H18O4. The minimum absolute atomic E-state index is 0.0676. The van der Waals surface area contributed by atoms with E-state index < -0.39 is 5.97 Å². The van der Waals surface area contributed by atoms with E-state index >= 15 is 0 Å². The van der Waals surface area contributed by atoms with E-state index in [9.17, 15) is 9.90 Å². The lowest BCUT2D eigenvalue weighted by Gasteiger charge is -2.09. The van der Waals surface area contributed by atoms with Crippen LogP contribution in [0.15, 0.2) is 24.3 Å². The molecular weight excluding hydrogens is 232 g/mol. The Morgan fingerprint density at radius 3 is 2.78 bits per heavy atom. The van der Waals surface area contributed by atoms with Crippen molar-refractivity contribution < 1.29 is 19.7 Å². The average Bonchev–Trinajstić information content (AvgIpc) is 2.30. The Balaban J connectivity index is 2.89. The highest BCUT2D eigenvalue weighted by Gasteiger charge is 2.06. The van der Waals surface area contributed by atoms with Gasteiger partial charge in [-0.3, -0.25) is 0 Å². The fourth-order valence-corrected chi connectivity index (χ4v) is 1.47. The van der Waals surface area contributed by atoms with Crippen LogP contribution in [-0.4, -0.2) is 22.8 Å². The molecule has 0 radical (unpaired) electrons. The average molecular weight is 250 g/mol. The third kappa shape index (κ3) is 4.13. The molecule has 0 saturated carbocycles. The molecule has 1 aromatic rings. The molecule has 1 aromatic carbocycles. The number of benzene rings is 1. The van der Waals surface area contributed by atoms with Gasteiger partial charge in [-0.15, -0.1) is 0 Å². The standard InChI is InChI=1S/C14H18O4/c1-3-4-7-18-13-9-11(5-6-12(13)15)10(2)8-14(16)17/h5-6,8-9,15H,3-4,7H2,1-2H3,(H,16,17). The predicted molar refractivity (Wildman–Crippen MR) is 69.8 cm³/mol. The summed E-state index contributed by atoms with van der Waals surface area (Å²) in [6, 6.07) is 4.83. The summed E-state index contributed by atoms with van der Waals surface area (Å²) in [7, 11) is 0. The number of hydrogen-bond donors (Lipinski definition) is 2. The molecule has 0 heterocycles.